The van der Waals surface area contributed by atoms with Crippen LogP contribution in [0.25, 0.3) is 0 Å². The van der Waals surface area contributed by atoms with Gasteiger partial charge in [-0.25, -0.2) is 9.97 Å². The van der Waals surface area contributed by atoms with Gasteiger partial charge in [-0.1, -0.05) is 13.8 Å². The molecule has 0 aliphatic carbocycles. The quantitative estimate of drug-likeness (QED) is 0.738. The highest BCUT2D eigenvalue weighted by Crippen LogP contribution is 2.15. The van der Waals surface area contributed by atoms with Crippen molar-refractivity contribution in [2.75, 3.05) is 0 Å². The number of hydrogen-bond acceptors (Lipinski definition) is 3. The van der Waals surface area contributed by atoms with Gasteiger partial charge in [0.2, 0.25) is 0 Å². The molecule has 0 bridgehead atoms. The Morgan fingerprint density at radius 3 is 2.75 bits per heavy atom. The molecule has 0 saturated heterocycles. The maximum absolute atomic E-state index is 5.91. The van der Waals surface area contributed by atoms with Gasteiger partial charge >= 0.3 is 0 Å². The number of nitrogens with two attached hydrogens (primary N) is 1. The van der Waals surface area contributed by atoms with Crippen molar-refractivity contribution < 1.29 is 0 Å². The van der Waals surface area contributed by atoms with E-state index < -0.39 is 0 Å². The molecule has 0 aliphatic rings. The Labute approximate surface area is 73.0 Å². The van der Waals surface area contributed by atoms with E-state index in [-0.39, 0.29) is 6.04 Å². The Morgan fingerprint density at radius 2 is 2.25 bits per heavy atom. The lowest BCUT2D eigenvalue weighted by atomic mass is 10.0. The van der Waals surface area contributed by atoms with Crippen LogP contribution < -0.4 is 5.73 Å². The fraction of sp³-hybridized carbons (Fsp3) is 0.556. The summed E-state index contributed by atoms with van der Waals surface area (Å²) in [6.45, 7) is 4.31. The van der Waals surface area contributed by atoms with Gasteiger partial charge in [0.25, 0.3) is 0 Å². The zero-order chi connectivity index (χ0) is 8.97. The van der Waals surface area contributed by atoms with Gasteiger partial charge in [0, 0.05) is 12.2 Å². The third-order valence-electron chi connectivity index (χ3n) is 1.71. The molecule has 0 radical (unpaired) electrons. The van der Waals surface area contributed by atoms with Crippen molar-refractivity contribution in [1.29, 1.82) is 0 Å². The van der Waals surface area contributed by atoms with Gasteiger partial charge in [-0.2, -0.15) is 0 Å². The lowest BCUT2D eigenvalue weighted by Gasteiger charge is -2.12. The molecule has 1 aromatic heterocycles. The predicted molar refractivity (Wildman–Crippen MR) is 48.4 cm³/mol. The summed E-state index contributed by atoms with van der Waals surface area (Å²) in [6.07, 6.45) is 4.23. The molecule has 3 nitrogen and oxygen atoms in total. The van der Waals surface area contributed by atoms with E-state index in [0.717, 1.165) is 12.1 Å². The van der Waals surface area contributed by atoms with Crippen molar-refractivity contribution in [3.63, 3.8) is 0 Å². The first kappa shape index (κ1) is 9.13. The fourth-order valence-corrected chi connectivity index (χ4v) is 1.15. The molecule has 12 heavy (non-hydrogen) atoms. The normalized spacial score (nSPS) is 13.3. The van der Waals surface area contributed by atoms with Gasteiger partial charge in [-0.3, -0.25) is 0 Å². The molecule has 0 fully saturated rings. The minimum atomic E-state index is 0.0491. The lowest BCUT2D eigenvalue weighted by Crippen LogP contribution is -2.14. The second-order valence-corrected chi connectivity index (χ2v) is 3.37. The second kappa shape index (κ2) is 4.16. The van der Waals surface area contributed by atoms with Crippen LogP contribution in [0.15, 0.2) is 18.6 Å². The van der Waals surface area contributed by atoms with Crippen molar-refractivity contribution in [3.8, 4) is 0 Å². The molecule has 0 aliphatic heterocycles. The Balaban J connectivity index is 2.59. The van der Waals surface area contributed by atoms with E-state index in [9.17, 15) is 0 Å². The molecule has 0 aromatic carbocycles. The minimum Gasteiger partial charge on any atom is -0.323 e. The smallest absolute Gasteiger partial charge is 0.115 e. The largest absolute Gasteiger partial charge is 0.323 e. The third-order valence-corrected chi connectivity index (χ3v) is 1.71. The number of aromatic nitrogens is 2. The summed E-state index contributed by atoms with van der Waals surface area (Å²) >= 11 is 0. The summed E-state index contributed by atoms with van der Waals surface area (Å²) in [5, 5.41) is 0. The Morgan fingerprint density at radius 1 is 1.50 bits per heavy atom. The van der Waals surface area contributed by atoms with E-state index in [0.29, 0.717) is 5.92 Å². The van der Waals surface area contributed by atoms with Crippen LogP contribution in [0, 0.1) is 5.92 Å². The van der Waals surface area contributed by atoms with Gasteiger partial charge in [-0.05, 0) is 18.4 Å². The van der Waals surface area contributed by atoms with E-state index in [1.165, 1.54) is 6.33 Å². The molecule has 2 N–H and O–H groups in total. The van der Waals surface area contributed by atoms with Gasteiger partial charge in [0.05, 0.1) is 5.69 Å². The molecule has 1 rings (SSSR count). The van der Waals surface area contributed by atoms with Crippen LogP contribution in [0.4, 0.5) is 0 Å². The van der Waals surface area contributed by atoms with Gasteiger partial charge in [0.15, 0.2) is 0 Å². The second-order valence-electron chi connectivity index (χ2n) is 3.37. The molecule has 3 heteroatoms. The summed E-state index contributed by atoms with van der Waals surface area (Å²) < 4.78 is 0. The summed E-state index contributed by atoms with van der Waals surface area (Å²) in [6, 6.07) is 1.92. The summed E-state index contributed by atoms with van der Waals surface area (Å²) in [5.41, 5.74) is 6.84. The summed E-state index contributed by atoms with van der Waals surface area (Å²) in [7, 11) is 0. The van der Waals surface area contributed by atoms with Crippen molar-refractivity contribution in [3.05, 3.63) is 24.3 Å². The van der Waals surface area contributed by atoms with Gasteiger partial charge < -0.3 is 5.73 Å². The highest BCUT2D eigenvalue weighted by molar-refractivity contribution is 5.03. The molecule has 1 aromatic rings. The first-order valence-electron chi connectivity index (χ1n) is 4.21. The molecule has 1 atom stereocenters. The first-order chi connectivity index (χ1) is 5.70. The van der Waals surface area contributed by atoms with Crippen LogP contribution >= 0.6 is 0 Å². The molecular formula is C9H15N3. The summed E-state index contributed by atoms with van der Waals surface area (Å²) in [4.78, 5) is 7.94. The highest BCUT2D eigenvalue weighted by atomic mass is 14.8. The van der Waals surface area contributed by atoms with Crippen LogP contribution in [0.2, 0.25) is 0 Å². The molecule has 1 heterocycles. The van der Waals surface area contributed by atoms with Gasteiger partial charge in [0.1, 0.15) is 6.33 Å². The fourth-order valence-electron chi connectivity index (χ4n) is 1.15. The predicted octanol–water partition coefficient (Wildman–Crippen LogP) is 1.52. The van der Waals surface area contributed by atoms with E-state index >= 15 is 0 Å². The number of rotatable bonds is 3. The Bertz CT molecular complexity index is 220. The van der Waals surface area contributed by atoms with Crippen LogP contribution in [0.1, 0.15) is 32.0 Å². The first-order valence-corrected chi connectivity index (χ1v) is 4.21. The monoisotopic (exact) mass is 165 g/mol. The molecule has 0 amide bonds. The van der Waals surface area contributed by atoms with Crippen molar-refractivity contribution in [2.24, 2.45) is 11.7 Å². The van der Waals surface area contributed by atoms with Crippen molar-refractivity contribution >= 4 is 0 Å². The van der Waals surface area contributed by atoms with Crippen LogP contribution in [0.3, 0.4) is 0 Å². The maximum atomic E-state index is 5.91. The number of nitrogens with zero attached hydrogens (tertiary/aromatic N) is 2. The van der Waals surface area contributed by atoms with Crippen molar-refractivity contribution in [1.82, 2.24) is 9.97 Å². The van der Waals surface area contributed by atoms with E-state index in [1.807, 2.05) is 6.07 Å². The van der Waals surface area contributed by atoms with Gasteiger partial charge in [-0.15, -0.1) is 0 Å². The zero-order valence-electron chi connectivity index (χ0n) is 7.57. The minimum absolute atomic E-state index is 0.0491. The number of hydrogen-bond donors (Lipinski definition) is 1. The topological polar surface area (TPSA) is 51.8 Å². The Kier molecular flexibility index (Phi) is 3.17. The SMILES string of the molecule is CC(C)CC(N)c1ccncn1. The molecule has 0 saturated carbocycles. The van der Waals surface area contributed by atoms with E-state index in [4.69, 9.17) is 5.73 Å². The standard InChI is InChI=1S/C9H15N3/c1-7(2)5-8(10)9-3-4-11-6-12-9/h3-4,6-8H,5,10H2,1-2H3. The van der Waals surface area contributed by atoms with Crippen LogP contribution in [-0.4, -0.2) is 9.97 Å². The average molecular weight is 165 g/mol. The lowest BCUT2D eigenvalue weighted by molar-refractivity contribution is 0.501. The van der Waals surface area contributed by atoms with Crippen molar-refractivity contribution in [2.45, 2.75) is 26.3 Å². The highest BCUT2D eigenvalue weighted by Gasteiger charge is 2.08. The third kappa shape index (κ3) is 2.58. The summed E-state index contributed by atoms with van der Waals surface area (Å²) in [5.74, 6) is 0.606. The maximum Gasteiger partial charge on any atom is 0.115 e. The van der Waals surface area contributed by atoms with Crippen LogP contribution in [0.5, 0.6) is 0 Å². The molecular weight excluding hydrogens is 150 g/mol. The average Bonchev–Trinajstić information content (AvgIpc) is 2.05. The molecule has 0 spiro atoms. The zero-order valence-corrected chi connectivity index (χ0v) is 7.57. The molecule has 66 valence electrons. The van der Waals surface area contributed by atoms with E-state index in [1.54, 1.807) is 6.20 Å². The molecule has 1 unspecified atom stereocenters. The van der Waals surface area contributed by atoms with E-state index in [2.05, 4.69) is 23.8 Å². The van der Waals surface area contributed by atoms with Crippen LogP contribution in [-0.2, 0) is 0 Å². The Hall–Kier alpha value is -0.960.